The summed E-state index contributed by atoms with van der Waals surface area (Å²) in [7, 11) is 1.61. The van der Waals surface area contributed by atoms with Crippen LogP contribution < -0.4 is 4.74 Å². The van der Waals surface area contributed by atoms with E-state index >= 15 is 0 Å². The molecule has 1 heterocycles. The molecule has 1 amide bonds. The van der Waals surface area contributed by atoms with Gasteiger partial charge in [0.2, 0.25) is 5.91 Å². The van der Waals surface area contributed by atoms with Crippen molar-refractivity contribution in [1.29, 1.82) is 0 Å². The van der Waals surface area contributed by atoms with Crippen LogP contribution in [0.2, 0.25) is 0 Å². The summed E-state index contributed by atoms with van der Waals surface area (Å²) in [5.41, 5.74) is 1.17. The van der Waals surface area contributed by atoms with Crippen molar-refractivity contribution in [2.24, 2.45) is 5.92 Å². The molecule has 2 rings (SSSR count). The molecule has 0 spiro atoms. The number of hydrogen-bond acceptors (Lipinski definition) is 2. The van der Waals surface area contributed by atoms with Gasteiger partial charge in [0, 0.05) is 13.1 Å². The van der Waals surface area contributed by atoms with E-state index in [2.05, 4.69) is 0 Å². The normalized spacial score (nSPS) is 18.8. The molecule has 1 aromatic carbocycles. The molecular formula is C17H22F3NO2. The largest absolute Gasteiger partial charge is 0.497 e. The number of hydrogen-bond donors (Lipinski definition) is 0. The van der Waals surface area contributed by atoms with Crippen LogP contribution in [0, 0.1) is 5.92 Å². The zero-order chi connectivity index (χ0) is 16.9. The number of nitrogens with zero attached hydrogens (tertiary/aromatic N) is 1. The quantitative estimate of drug-likeness (QED) is 0.822. The highest BCUT2D eigenvalue weighted by Crippen LogP contribution is 2.26. The van der Waals surface area contributed by atoms with E-state index in [0.29, 0.717) is 13.1 Å². The number of halogens is 3. The molecule has 128 valence electrons. The number of likely N-dealkylation sites (tertiary alicyclic amines) is 1. The van der Waals surface area contributed by atoms with Gasteiger partial charge in [-0.1, -0.05) is 12.1 Å². The molecule has 0 aliphatic carbocycles. The van der Waals surface area contributed by atoms with Crippen molar-refractivity contribution < 1.29 is 22.7 Å². The summed E-state index contributed by atoms with van der Waals surface area (Å²) in [4.78, 5) is 13.1. The third kappa shape index (κ3) is 5.77. The van der Waals surface area contributed by atoms with E-state index in [-0.39, 0.29) is 5.92 Å². The molecule has 0 aromatic heterocycles. The van der Waals surface area contributed by atoms with Crippen LogP contribution in [-0.2, 0) is 11.2 Å². The van der Waals surface area contributed by atoms with Crippen LogP contribution in [0.1, 0.15) is 31.2 Å². The Hall–Kier alpha value is -1.72. The molecule has 6 heteroatoms. The van der Waals surface area contributed by atoms with Crippen LogP contribution in [0.3, 0.4) is 0 Å². The van der Waals surface area contributed by atoms with E-state index in [1.807, 2.05) is 24.3 Å². The Kier molecular flexibility index (Phi) is 5.91. The summed E-state index contributed by atoms with van der Waals surface area (Å²) in [6, 6.07) is 7.78. The van der Waals surface area contributed by atoms with E-state index in [0.717, 1.165) is 31.4 Å². The average molecular weight is 329 g/mol. The molecule has 23 heavy (non-hydrogen) atoms. The van der Waals surface area contributed by atoms with Gasteiger partial charge in [0.05, 0.1) is 7.11 Å². The number of aryl methyl sites for hydroxylation is 1. The molecule has 0 saturated carbocycles. The topological polar surface area (TPSA) is 29.5 Å². The van der Waals surface area contributed by atoms with Crippen LogP contribution in [0.25, 0.3) is 0 Å². The van der Waals surface area contributed by atoms with Crippen molar-refractivity contribution >= 4 is 5.91 Å². The number of rotatable bonds is 5. The van der Waals surface area contributed by atoms with Crippen molar-refractivity contribution in [3.63, 3.8) is 0 Å². The molecule has 0 radical (unpaired) electrons. The second-order valence-corrected chi connectivity index (χ2v) is 6.03. The molecule has 1 saturated heterocycles. The smallest absolute Gasteiger partial charge is 0.397 e. The fourth-order valence-corrected chi connectivity index (χ4v) is 2.97. The maximum absolute atomic E-state index is 12.3. The predicted octanol–water partition coefficient (Wildman–Crippen LogP) is 3.82. The summed E-state index contributed by atoms with van der Waals surface area (Å²) in [5, 5.41) is 0. The minimum absolute atomic E-state index is 0.267. The fourth-order valence-electron chi connectivity index (χ4n) is 2.97. The third-order valence-corrected chi connectivity index (χ3v) is 4.22. The molecule has 0 unspecified atom stereocenters. The van der Waals surface area contributed by atoms with Gasteiger partial charge in [-0.05, 0) is 49.3 Å². The Morgan fingerprint density at radius 3 is 2.61 bits per heavy atom. The zero-order valence-corrected chi connectivity index (χ0v) is 13.2. The molecule has 0 bridgehead atoms. The van der Waals surface area contributed by atoms with Crippen molar-refractivity contribution in [2.75, 3.05) is 20.2 Å². The first-order chi connectivity index (χ1) is 10.9. The van der Waals surface area contributed by atoms with Crippen molar-refractivity contribution in [3.8, 4) is 5.75 Å². The highest BCUT2D eigenvalue weighted by atomic mass is 19.4. The highest BCUT2D eigenvalue weighted by Gasteiger charge is 2.34. The minimum Gasteiger partial charge on any atom is -0.497 e. The lowest BCUT2D eigenvalue weighted by Crippen LogP contribution is -2.41. The Bertz CT molecular complexity index is 514. The molecule has 0 N–H and O–H groups in total. The first-order valence-corrected chi connectivity index (χ1v) is 7.85. The standard InChI is InChI=1S/C17H22F3NO2/c1-23-15-8-6-13(7-9-15)4-5-14-3-2-10-21(12-14)16(22)11-17(18,19)20/h6-9,14H,2-5,10-12H2,1H3/t14-/m0/s1. The van der Waals surface area contributed by atoms with Gasteiger partial charge in [-0.25, -0.2) is 0 Å². The molecule has 1 fully saturated rings. The Morgan fingerprint density at radius 1 is 1.30 bits per heavy atom. The van der Waals surface area contributed by atoms with Crippen molar-refractivity contribution in [1.82, 2.24) is 4.90 Å². The van der Waals surface area contributed by atoms with E-state index in [1.54, 1.807) is 7.11 Å². The highest BCUT2D eigenvalue weighted by molar-refractivity contribution is 5.76. The summed E-state index contributed by atoms with van der Waals surface area (Å²) >= 11 is 0. The SMILES string of the molecule is COc1ccc(CC[C@@H]2CCCN(C(=O)CC(F)(F)F)C2)cc1. The van der Waals surface area contributed by atoms with Gasteiger partial charge in [-0.3, -0.25) is 4.79 Å². The zero-order valence-electron chi connectivity index (χ0n) is 13.2. The lowest BCUT2D eigenvalue weighted by atomic mass is 9.91. The number of methoxy groups -OCH3 is 1. The van der Waals surface area contributed by atoms with Gasteiger partial charge >= 0.3 is 6.18 Å². The maximum atomic E-state index is 12.3. The summed E-state index contributed by atoms with van der Waals surface area (Å²) in [5.74, 6) is 0.269. The van der Waals surface area contributed by atoms with Crippen LogP contribution in [0.4, 0.5) is 13.2 Å². The van der Waals surface area contributed by atoms with Crippen LogP contribution >= 0.6 is 0 Å². The predicted molar refractivity (Wildman–Crippen MR) is 81.3 cm³/mol. The first-order valence-electron chi connectivity index (χ1n) is 7.85. The van der Waals surface area contributed by atoms with E-state index in [9.17, 15) is 18.0 Å². The Balaban J connectivity index is 1.82. The van der Waals surface area contributed by atoms with Gasteiger partial charge in [0.1, 0.15) is 12.2 Å². The number of piperidine rings is 1. The molecular weight excluding hydrogens is 307 g/mol. The number of benzene rings is 1. The van der Waals surface area contributed by atoms with Gasteiger partial charge in [-0.2, -0.15) is 13.2 Å². The van der Waals surface area contributed by atoms with E-state index in [1.165, 1.54) is 10.5 Å². The van der Waals surface area contributed by atoms with Crippen LogP contribution in [0.15, 0.2) is 24.3 Å². The van der Waals surface area contributed by atoms with Crippen molar-refractivity contribution in [3.05, 3.63) is 29.8 Å². The number of carbonyl (C=O) groups is 1. The number of alkyl halides is 3. The van der Waals surface area contributed by atoms with Crippen LogP contribution in [-0.4, -0.2) is 37.2 Å². The number of ether oxygens (including phenoxy) is 1. The monoisotopic (exact) mass is 329 g/mol. The first kappa shape index (κ1) is 17.6. The fraction of sp³-hybridized carbons (Fsp3) is 0.588. The van der Waals surface area contributed by atoms with Crippen LogP contribution in [0.5, 0.6) is 5.75 Å². The minimum atomic E-state index is -4.42. The Morgan fingerprint density at radius 2 is 2.00 bits per heavy atom. The lowest BCUT2D eigenvalue weighted by molar-refractivity contribution is -0.162. The Labute approximate surface area is 134 Å². The summed E-state index contributed by atoms with van der Waals surface area (Å²) in [6.45, 7) is 0.874. The van der Waals surface area contributed by atoms with Gasteiger partial charge < -0.3 is 9.64 Å². The summed E-state index contributed by atoms with van der Waals surface area (Å²) < 4.78 is 42.1. The maximum Gasteiger partial charge on any atom is 0.397 e. The second-order valence-electron chi connectivity index (χ2n) is 6.03. The lowest BCUT2D eigenvalue weighted by Gasteiger charge is -2.33. The molecule has 3 nitrogen and oxygen atoms in total. The van der Waals surface area contributed by atoms with Gasteiger partial charge in [0.15, 0.2) is 0 Å². The van der Waals surface area contributed by atoms with E-state index in [4.69, 9.17) is 4.74 Å². The average Bonchev–Trinajstić information content (AvgIpc) is 2.52. The molecule has 1 aliphatic heterocycles. The van der Waals surface area contributed by atoms with Crippen molar-refractivity contribution in [2.45, 2.75) is 38.3 Å². The van der Waals surface area contributed by atoms with Gasteiger partial charge in [0.25, 0.3) is 0 Å². The molecule has 1 atom stereocenters. The number of amides is 1. The molecule has 1 aromatic rings. The number of carbonyl (C=O) groups excluding carboxylic acids is 1. The van der Waals surface area contributed by atoms with Gasteiger partial charge in [-0.15, -0.1) is 0 Å². The summed E-state index contributed by atoms with van der Waals surface area (Å²) in [6.07, 6.45) is -2.30. The van der Waals surface area contributed by atoms with E-state index < -0.39 is 18.5 Å². The third-order valence-electron chi connectivity index (χ3n) is 4.22. The second kappa shape index (κ2) is 7.70. The molecule has 1 aliphatic rings.